The van der Waals surface area contributed by atoms with Gasteiger partial charge in [0, 0.05) is 6.42 Å². The van der Waals surface area contributed by atoms with Gasteiger partial charge in [-0.15, -0.1) is 0 Å². The number of thiocarbonyl (C=S) groups is 1. The molecule has 1 aliphatic rings. The summed E-state index contributed by atoms with van der Waals surface area (Å²) >= 11 is 5.31. The lowest BCUT2D eigenvalue weighted by Crippen LogP contribution is -2.38. The van der Waals surface area contributed by atoms with Crippen molar-refractivity contribution in [2.45, 2.75) is 39.2 Å². The van der Waals surface area contributed by atoms with E-state index < -0.39 is 0 Å². The van der Waals surface area contributed by atoms with Crippen molar-refractivity contribution in [1.29, 1.82) is 0 Å². The summed E-state index contributed by atoms with van der Waals surface area (Å²) in [4.78, 5) is 11.4. The first-order valence-corrected chi connectivity index (χ1v) is 8.25. The summed E-state index contributed by atoms with van der Waals surface area (Å²) in [6.45, 7) is 4.87. The van der Waals surface area contributed by atoms with Crippen LogP contribution in [-0.2, 0) is 16.0 Å². The summed E-state index contributed by atoms with van der Waals surface area (Å²) in [5.74, 6) is 0.172. The van der Waals surface area contributed by atoms with Crippen LogP contribution in [0.25, 0.3) is 0 Å². The summed E-state index contributed by atoms with van der Waals surface area (Å²) in [6, 6.07) is 8.73. The molecule has 22 heavy (non-hydrogen) atoms. The van der Waals surface area contributed by atoms with Crippen molar-refractivity contribution in [2.24, 2.45) is 5.92 Å². The molecule has 0 bridgehead atoms. The summed E-state index contributed by atoms with van der Waals surface area (Å²) in [6.07, 6.45) is 2.61. The standard InChI is InChI=1S/C17H24N2O2S/c1-12(2)11-16(20)21-10-9-18-17(22)19-15-8-7-13-5-3-4-6-14(13)15/h3-6,12,15H,7-11H2,1-2H3,(H2,18,19,22). The average Bonchev–Trinajstić information content (AvgIpc) is 2.86. The average molecular weight is 320 g/mol. The molecule has 0 heterocycles. The Labute approximate surface area is 137 Å². The fourth-order valence-electron chi connectivity index (χ4n) is 2.64. The zero-order valence-corrected chi connectivity index (χ0v) is 14.0. The van der Waals surface area contributed by atoms with Gasteiger partial charge in [0.15, 0.2) is 5.11 Å². The van der Waals surface area contributed by atoms with Crippen LogP contribution in [0.3, 0.4) is 0 Å². The van der Waals surface area contributed by atoms with Gasteiger partial charge in [0.05, 0.1) is 12.6 Å². The number of benzene rings is 1. The molecule has 0 fully saturated rings. The minimum atomic E-state index is -0.152. The zero-order chi connectivity index (χ0) is 15.9. The molecule has 2 rings (SSSR count). The van der Waals surface area contributed by atoms with E-state index in [0.717, 1.165) is 12.8 Å². The van der Waals surface area contributed by atoms with Gasteiger partial charge in [-0.05, 0) is 42.1 Å². The van der Waals surface area contributed by atoms with Crippen molar-refractivity contribution in [3.63, 3.8) is 0 Å². The Bertz CT molecular complexity index is 531. The lowest BCUT2D eigenvalue weighted by Gasteiger charge is -2.17. The second-order valence-electron chi connectivity index (χ2n) is 6.01. The molecule has 0 radical (unpaired) electrons. The molecule has 120 valence electrons. The number of hydrogen-bond acceptors (Lipinski definition) is 3. The molecular formula is C17H24N2O2S. The molecule has 0 aliphatic heterocycles. The summed E-state index contributed by atoms with van der Waals surface area (Å²) in [5.41, 5.74) is 2.72. The minimum Gasteiger partial charge on any atom is -0.464 e. The van der Waals surface area contributed by atoms with Crippen LogP contribution in [0.4, 0.5) is 0 Å². The molecule has 1 atom stereocenters. The van der Waals surface area contributed by atoms with Crippen LogP contribution in [0.2, 0.25) is 0 Å². The smallest absolute Gasteiger partial charge is 0.306 e. The van der Waals surface area contributed by atoms with Crippen molar-refractivity contribution in [2.75, 3.05) is 13.2 Å². The van der Waals surface area contributed by atoms with Crippen LogP contribution < -0.4 is 10.6 Å². The van der Waals surface area contributed by atoms with Gasteiger partial charge in [-0.1, -0.05) is 38.1 Å². The number of carbonyl (C=O) groups excluding carboxylic acids is 1. The SMILES string of the molecule is CC(C)CC(=O)OCCNC(=S)NC1CCc2ccccc21. The van der Waals surface area contributed by atoms with Crippen LogP contribution in [0.5, 0.6) is 0 Å². The molecule has 0 aromatic heterocycles. The Balaban J connectivity index is 1.66. The summed E-state index contributed by atoms with van der Waals surface area (Å²) in [7, 11) is 0. The molecular weight excluding hydrogens is 296 g/mol. The number of esters is 1. The first-order valence-electron chi connectivity index (χ1n) is 7.84. The van der Waals surface area contributed by atoms with E-state index in [1.54, 1.807) is 0 Å². The van der Waals surface area contributed by atoms with Crippen LogP contribution in [0.15, 0.2) is 24.3 Å². The molecule has 1 aliphatic carbocycles. The van der Waals surface area contributed by atoms with Crippen molar-refractivity contribution in [1.82, 2.24) is 10.6 Å². The van der Waals surface area contributed by atoms with Gasteiger partial charge in [0.2, 0.25) is 0 Å². The van der Waals surface area contributed by atoms with E-state index in [0.29, 0.717) is 30.6 Å². The molecule has 4 nitrogen and oxygen atoms in total. The quantitative estimate of drug-likeness (QED) is 0.479. The van der Waals surface area contributed by atoms with Crippen molar-refractivity contribution in [3.8, 4) is 0 Å². The largest absolute Gasteiger partial charge is 0.464 e. The molecule has 0 amide bonds. The summed E-state index contributed by atoms with van der Waals surface area (Å²) < 4.78 is 5.14. The number of rotatable bonds is 6. The van der Waals surface area contributed by atoms with Crippen molar-refractivity contribution >= 4 is 23.3 Å². The predicted octanol–water partition coefficient (Wildman–Crippen LogP) is 2.73. The van der Waals surface area contributed by atoms with Crippen molar-refractivity contribution < 1.29 is 9.53 Å². The molecule has 5 heteroatoms. The highest BCUT2D eigenvalue weighted by Gasteiger charge is 2.22. The molecule has 1 aromatic carbocycles. The minimum absolute atomic E-state index is 0.152. The maximum absolute atomic E-state index is 11.4. The van der Waals surface area contributed by atoms with Gasteiger partial charge in [0.1, 0.15) is 6.61 Å². The molecule has 2 N–H and O–H groups in total. The fourth-order valence-corrected chi connectivity index (χ4v) is 2.88. The highest BCUT2D eigenvalue weighted by molar-refractivity contribution is 7.80. The second-order valence-corrected chi connectivity index (χ2v) is 6.42. The van der Waals surface area contributed by atoms with Crippen LogP contribution >= 0.6 is 12.2 Å². The fraction of sp³-hybridized carbons (Fsp3) is 0.529. The maximum Gasteiger partial charge on any atom is 0.306 e. The van der Waals surface area contributed by atoms with Crippen LogP contribution in [0, 0.1) is 5.92 Å². The Hall–Kier alpha value is -1.62. The highest BCUT2D eigenvalue weighted by Crippen LogP contribution is 2.30. The normalized spacial score (nSPS) is 16.2. The first-order chi connectivity index (χ1) is 10.6. The number of carbonyl (C=O) groups is 1. The summed E-state index contributed by atoms with van der Waals surface area (Å²) in [5, 5.41) is 7.04. The molecule has 0 spiro atoms. The van der Waals surface area contributed by atoms with Crippen molar-refractivity contribution in [3.05, 3.63) is 35.4 Å². The molecule has 0 saturated heterocycles. The van der Waals surface area contributed by atoms with Gasteiger partial charge in [-0.25, -0.2) is 0 Å². The maximum atomic E-state index is 11.4. The van der Waals surface area contributed by atoms with Crippen LogP contribution in [-0.4, -0.2) is 24.2 Å². The van der Waals surface area contributed by atoms with Gasteiger partial charge in [-0.3, -0.25) is 4.79 Å². The Kier molecular flexibility index (Phi) is 6.19. The van der Waals surface area contributed by atoms with Gasteiger partial charge >= 0.3 is 5.97 Å². The van der Waals surface area contributed by atoms with Crippen LogP contribution in [0.1, 0.15) is 43.9 Å². The van der Waals surface area contributed by atoms with E-state index >= 15 is 0 Å². The second kappa shape index (κ2) is 8.13. The number of aryl methyl sites for hydroxylation is 1. The van der Waals surface area contributed by atoms with Gasteiger partial charge in [0.25, 0.3) is 0 Å². The number of nitrogens with one attached hydrogen (secondary N) is 2. The Morgan fingerprint density at radius 1 is 1.41 bits per heavy atom. The van der Waals surface area contributed by atoms with E-state index in [9.17, 15) is 4.79 Å². The van der Waals surface area contributed by atoms with E-state index in [1.807, 2.05) is 13.8 Å². The lowest BCUT2D eigenvalue weighted by atomic mass is 10.1. The third kappa shape index (κ3) is 4.98. The van der Waals surface area contributed by atoms with E-state index in [4.69, 9.17) is 17.0 Å². The third-order valence-electron chi connectivity index (χ3n) is 3.66. The Morgan fingerprint density at radius 3 is 2.95 bits per heavy atom. The third-order valence-corrected chi connectivity index (χ3v) is 3.93. The van der Waals surface area contributed by atoms with Gasteiger partial charge in [-0.2, -0.15) is 0 Å². The predicted molar refractivity (Wildman–Crippen MR) is 91.7 cm³/mol. The highest BCUT2D eigenvalue weighted by atomic mass is 32.1. The van der Waals surface area contributed by atoms with E-state index in [-0.39, 0.29) is 12.0 Å². The number of fused-ring (bicyclic) bond motifs is 1. The topological polar surface area (TPSA) is 50.4 Å². The Morgan fingerprint density at radius 2 is 2.18 bits per heavy atom. The number of ether oxygens (including phenoxy) is 1. The first kappa shape index (κ1) is 16.7. The lowest BCUT2D eigenvalue weighted by molar-refractivity contribution is -0.144. The molecule has 1 aromatic rings. The molecule has 0 saturated carbocycles. The van der Waals surface area contributed by atoms with Gasteiger partial charge < -0.3 is 15.4 Å². The molecule has 1 unspecified atom stereocenters. The number of hydrogen-bond donors (Lipinski definition) is 2. The zero-order valence-electron chi connectivity index (χ0n) is 13.2. The van der Waals surface area contributed by atoms with E-state index in [1.165, 1.54) is 11.1 Å². The monoisotopic (exact) mass is 320 g/mol. The van der Waals surface area contributed by atoms with E-state index in [2.05, 4.69) is 34.9 Å².